The number of hydrogen-bond acceptors (Lipinski definition) is 3. The summed E-state index contributed by atoms with van der Waals surface area (Å²) >= 11 is 12.7. The first-order valence-corrected chi connectivity index (χ1v) is 13.4. The number of Topliss-reactive ketones (excluding diaryl/α,β-unsaturated/α-hetero) is 1. The number of nitrogens with zero attached hydrogens (tertiary/aromatic N) is 2. The topological polar surface area (TPSA) is 40.6 Å². The fourth-order valence-electron chi connectivity index (χ4n) is 6.37. The van der Waals surface area contributed by atoms with Crippen LogP contribution in [0.1, 0.15) is 33.0 Å². The van der Waals surface area contributed by atoms with Crippen LogP contribution < -0.4 is 4.90 Å². The Balaban J connectivity index is 1.54. The number of likely N-dealkylation sites (tertiary alicyclic amines) is 1. The largest absolute Gasteiger partial charge is 0.306 e. The molecule has 2 aliphatic rings. The third kappa shape index (κ3) is 3.87. The summed E-state index contributed by atoms with van der Waals surface area (Å²) in [7, 11) is 1.95. The second kappa shape index (κ2) is 9.70. The Morgan fingerprint density at radius 3 is 2.29 bits per heavy atom. The van der Waals surface area contributed by atoms with Crippen LogP contribution in [0.25, 0.3) is 0 Å². The molecule has 0 N–H and O–H groups in total. The van der Waals surface area contributed by atoms with Crippen molar-refractivity contribution in [3.8, 4) is 0 Å². The predicted molar refractivity (Wildman–Crippen MR) is 152 cm³/mol. The summed E-state index contributed by atoms with van der Waals surface area (Å²) in [5.41, 5.74) is 2.99. The molecule has 6 heteroatoms. The lowest BCUT2D eigenvalue weighted by Gasteiger charge is -2.36. The van der Waals surface area contributed by atoms with E-state index in [1.165, 1.54) is 0 Å². The summed E-state index contributed by atoms with van der Waals surface area (Å²) in [4.78, 5) is 33.1. The molecule has 0 unspecified atom stereocenters. The van der Waals surface area contributed by atoms with E-state index in [-0.39, 0.29) is 17.6 Å². The number of fused-ring (bicyclic) bond motifs is 2. The lowest BCUT2D eigenvalue weighted by molar-refractivity contribution is -0.129. The second-order valence-electron chi connectivity index (χ2n) is 10.1. The first kappa shape index (κ1) is 24.9. The van der Waals surface area contributed by atoms with Crippen LogP contribution >= 0.6 is 23.2 Å². The van der Waals surface area contributed by atoms with Gasteiger partial charge in [0.25, 0.3) is 5.91 Å². The molecule has 1 amide bonds. The molecule has 1 saturated heterocycles. The van der Waals surface area contributed by atoms with E-state index in [2.05, 4.69) is 4.90 Å². The minimum absolute atomic E-state index is 0.0484. The number of carbonyl (C=O) groups is 2. The lowest BCUT2D eigenvalue weighted by Crippen LogP contribution is -2.53. The number of halogens is 2. The van der Waals surface area contributed by atoms with E-state index >= 15 is 0 Å². The normalized spacial score (nSPS) is 22.7. The summed E-state index contributed by atoms with van der Waals surface area (Å²) in [5.74, 6) is -1.02. The molecular weight excluding hydrogens is 515 g/mol. The van der Waals surface area contributed by atoms with Crippen LogP contribution in [0.15, 0.2) is 103 Å². The molecule has 3 atom stereocenters. The van der Waals surface area contributed by atoms with Gasteiger partial charge in [0.1, 0.15) is 5.54 Å². The highest BCUT2D eigenvalue weighted by molar-refractivity contribution is 6.31. The van der Waals surface area contributed by atoms with Gasteiger partial charge >= 0.3 is 0 Å². The molecule has 0 radical (unpaired) electrons. The molecule has 0 saturated carbocycles. The molecular formula is C32H26Cl2N2O2. The van der Waals surface area contributed by atoms with Crippen molar-refractivity contribution in [3.05, 3.63) is 135 Å². The van der Waals surface area contributed by atoms with E-state index in [0.29, 0.717) is 28.7 Å². The number of para-hydroxylation sites is 1. The molecule has 1 spiro atoms. The van der Waals surface area contributed by atoms with Gasteiger partial charge in [0.2, 0.25) is 0 Å². The minimum atomic E-state index is -1.16. The summed E-state index contributed by atoms with van der Waals surface area (Å²) in [6, 6.07) is 32.3. The zero-order chi connectivity index (χ0) is 26.4. The van der Waals surface area contributed by atoms with Gasteiger partial charge in [-0.1, -0.05) is 96.0 Å². The molecule has 4 aromatic carbocycles. The third-order valence-electron chi connectivity index (χ3n) is 7.95. The van der Waals surface area contributed by atoms with Crippen LogP contribution in [0.3, 0.4) is 0 Å². The van der Waals surface area contributed by atoms with Gasteiger partial charge in [-0.2, -0.15) is 0 Å². The van der Waals surface area contributed by atoms with E-state index in [0.717, 1.165) is 22.4 Å². The van der Waals surface area contributed by atoms with Gasteiger partial charge in [-0.05, 0) is 48.5 Å². The Labute approximate surface area is 232 Å². The highest BCUT2D eigenvalue weighted by Crippen LogP contribution is 2.57. The molecule has 38 heavy (non-hydrogen) atoms. The van der Waals surface area contributed by atoms with Crippen LogP contribution in [0, 0.1) is 5.92 Å². The highest BCUT2D eigenvalue weighted by Gasteiger charge is 2.66. The Hall–Kier alpha value is -3.44. The van der Waals surface area contributed by atoms with Crippen LogP contribution in [0.5, 0.6) is 0 Å². The van der Waals surface area contributed by atoms with Crippen molar-refractivity contribution in [2.45, 2.75) is 18.0 Å². The van der Waals surface area contributed by atoms with E-state index in [4.69, 9.17) is 23.2 Å². The molecule has 0 aliphatic carbocycles. The van der Waals surface area contributed by atoms with E-state index in [1.54, 1.807) is 0 Å². The summed E-state index contributed by atoms with van der Waals surface area (Å²) in [5, 5.41) is 1.23. The fraction of sp³-hybridized carbons (Fsp3) is 0.188. The van der Waals surface area contributed by atoms with Gasteiger partial charge in [0, 0.05) is 39.3 Å². The Kier molecular flexibility index (Phi) is 6.35. The SMILES string of the molecule is CN1C[C@H](c2cccc(Cl)c2)[C@@H](C(=O)c2ccccc2)[C@@]12C(=O)N(Cc1cccc(Cl)c1)c1ccccc12. The summed E-state index contributed by atoms with van der Waals surface area (Å²) in [6.45, 7) is 0.898. The zero-order valence-electron chi connectivity index (χ0n) is 20.9. The van der Waals surface area contributed by atoms with Gasteiger partial charge in [0.15, 0.2) is 5.78 Å². The molecule has 2 aliphatic heterocycles. The van der Waals surface area contributed by atoms with Crippen molar-refractivity contribution in [2.24, 2.45) is 5.92 Å². The summed E-state index contributed by atoms with van der Waals surface area (Å²) in [6.07, 6.45) is 0. The quantitative estimate of drug-likeness (QED) is 0.257. The smallest absolute Gasteiger partial charge is 0.253 e. The number of ketones is 1. The monoisotopic (exact) mass is 540 g/mol. The number of carbonyl (C=O) groups excluding carboxylic acids is 2. The standard InChI is InChI=1S/C32H26Cl2N2O2/c1-35-20-26(23-12-8-14-25(34)18-23)29(30(37)22-10-3-2-4-11-22)32(35)27-15-5-6-16-28(27)36(31(32)38)19-21-9-7-13-24(33)17-21/h2-18,26,29H,19-20H2,1H3/t26-,29+,32+/m1/s1. The Morgan fingerprint density at radius 1 is 0.868 bits per heavy atom. The van der Waals surface area contributed by atoms with Gasteiger partial charge < -0.3 is 4.90 Å². The molecule has 190 valence electrons. The van der Waals surface area contributed by atoms with Crippen molar-refractivity contribution < 1.29 is 9.59 Å². The fourth-order valence-corrected chi connectivity index (χ4v) is 6.78. The summed E-state index contributed by atoms with van der Waals surface area (Å²) < 4.78 is 0. The van der Waals surface area contributed by atoms with Crippen LogP contribution in [-0.4, -0.2) is 30.2 Å². The lowest BCUT2D eigenvalue weighted by atomic mass is 9.70. The number of amides is 1. The van der Waals surface area contributed by atoms with Gasteiger partial charge in [-0.25, -0.2) is 0 Å². The predicted octanol–water partition coefficient (Wildman–Crippen LogP) is 6.96. The van der Waals surface area contributed by atoms with Crippen LogP contribution in [-0.2, 0) is 16.9 Å². The van der Waals surface area contributed by atoms with E-state index in [9.17, 15) is 9.59 Å². The second-order valence-corrected chi connectivity index (χ2v) is 10.9. The number of rotatable bonds is 5. The van der Waals surface area contributed by atoms with Crippen molar-refractivity contribution in [1.29, 1.82) is 0 Å². The van der Waals surface area contributed by atoms with Crippen molar-refractivity contribution in [1.82, 2.24) is 4.90 Å². The third-order valence-corrected chi connectivity index (χ3v) is 8.42. The minimum Gasteiger partial charge on any atom is -0.306 e. The maximum absolute atomic E-state index is 14.7. The highest BCUT2D eigenvalue weighted by atomic mass is 35.5. The molecule has 1 fully saturated rings. The average molecular weight is 541 g/mol. The Bertz CT molecular complexity index is 1540. The first-order valence-electron chi connectivity index (χ1n) is 12.6. The number of hydrogen-bond donors (Lipinski definition) is 0. The number of anilines is 1. The van der Waals surface area contributed by atoms with Crippen molar-refractivity contribution in [2.75, 3.05) is 18.5 Å². The molecule has 6 rings (SSSR count). The molecule has 0 aromatic heterocycles. The molecule has 4 aromatic rings. The van der Waals surface area contributed by atoms with Gasteiger partial charge in [-0.15, -0.1) is 0 Å². The van der Waals surface area contributed by atoms with Crippen LogP contribution in [0.2, 0.25) is 10.0 Å². The number of benzene rings is 4. The van der Waals surface area contributed by atoms with Crippen molar-refractivity contribution >= 4 is 40.6 Å². The maximum atomic E-state index is 14.7. The van der Waals surface area contributed by atoms with Crippen molar-refractivity contribution in [3.63, 3.8) is 0 Å². The average Bonchev–Trinajstić information content (AvgIpc) is 3.37. The Morgan fingerprint density at radius 2 is 1.55 bits per heavy atom. The zero-order valence-corrected chi connectivity index (χ0v) is 22.4. The molecule has 0 bridgehead atoms. The van der Waals surface area contributed by atoms with E-state index in [1.807, 2.05) is 115 Å². The molecule has 4 nitrogen and oxygen atoms in total. The van der Waals surface area contributed by atoms with Gasteiger partial charge in [0.05, 0.1) is 12.5 Å². The first-order chi connectivity index (χ1) is 18.4. The molecule has 2 heterocycles. The van der Waals surface area contributed by atoms with Crippen LogP contribution in [0.4, 0.5) is 5.69 Å². The number of likely N-dealkylation sites (N-methyl/N-ethyl adjacent to an activating group) is 1. The maximum Gasteiger partial charge on any atom is 0.253 e. The van der Waals surface area contributed by atoms with Gasteiger partial charge in [-0.3, -0.25) is 14.5 Å². The van der Waals surface area contributed by atoms with E-state index < -0.39 is 11.5 Å².